The second kappa shape index (κ2) is 7.34. The van der Waals surface area contributed by atoms with E-state index in [0.717, 1.165) is 39.3 Å². The van der Waals surface area contributed by atoms with Crippen molar-refractivity contribution in [2.45, 2.75) is 20.0 Å². The van der Waals surface area contributed by atoms with Crippen LogP contribution in [0.25, 0.3) is 0 Å². The lowest BCUT2D eigenvalue weighted by Crippen LogP contribution is -2.44. The lowest BCUT2D eigenvalue weighted by atomic mass is 10.3. The number of aryl methyl sites for hydroxylation is 1. The van der Waals surface area contributed by atoms with Crippen LogP contribution in [0.2, 0.25) is 0 Å². The summed E-state index contributed by atoms with van der Waals surface area (Å²) < 4.78 is 6.66. The molecule has 23 heavy (non-hydrogen) atoms. The van der Waals surface area contributed by atoms with Gasteiger partial charge in [0.25, 0.3) is 5.91 Å². The molecule has 2 aromatic heterocycles. The predicted octanol–water partition coefficient (Wildman–Crippen LogP) is -0.590. The van der Waals surface area contributed by atoms with Gasteiger partial charge in [0.05, 0.1) is 19.3 Å². The van der Waals surface area contributed by atoms with Crippen LogP contribution in [0.15, 0.2) is 16.8 Å². The van der Waals surface area contributed by atoms with E-state index >= 15 is 0 Å². The van der Waals surface area contributed by atoms with Crippen LogP contribution >= 0.6 is 0 Å². The minimum absolute atomic E-state index is 0.265. The summed E-state index contributed by atoms with van der Waals surface area (Å²) in [6.45, 7) is 7.87. The third-order valence-electron chi connectivity index (χ3n) is 3.73. The molecule has 0 spiro atoms. The van der Waals surface area contributed by atoms with Gasteiger partial charge in [-0.1, -0.05) is 10.4 Å². The molecule has 2 aromatic rings. The molecule has 124 valence electrons. The van der Waals surface area contributed by atoms with Gasteiger partial charge in [-0.3, -0.25) is 14.4 Å². The van der Waals surface area contributed by atoms with Gasteiger partial charge in [-0.05, 0) is 6.92 Å². The quantitative estimate of drug-likeness (QED) is 0.734. The Balaban J connectivity index is 1.46. The molecule has 0 aliphatic carbocycles. The fraction of sp³-hybridized carbons (Fsp3) is 0.571. The molecule has 1 fully saturated rings. The lowest BCUT2D eigenvalue weighted by molar-refractivity contribution is 0.0945. The number of piperazine rings is 1. The van der Waals surface area contributed by atoms with Crippen molar-refractivity contribution in [3.05, 3.63) is 29.4 Å². The Morgan fingerprint density at radius 2 is 2.22 bits per heavy atom. The number of nitrogens with zero attached hydrogens (tertiary/aromatic N) is 5. The summed E-state index contributed by atoms with van der Waals surface area (Å²) in [4.78, 5) is 14.4. The van der Waals surface area contributed by atoms with Gasteiger partial charge in [0, 0.05) is 38.8 Å². The van der Waals surface area contributed by atoms with Crippen LogP contribution in [0.3, 0.4) is 0 Å². The van der Waals surface area contributed by atoms with E-state index in [1.165, 1.54) is 0 Å². The van der Waals surface area contributed by atoms with E-state index in [9.17, 15) is 4.79 Å². The molecule has 3 rings (SSSR count). The maximum atomic E-state index is 12.0. The number of hydrogen-bond donors (Lipinski definition) is 2. The summed E-state index contributed by atoms with van der Waals surface area (Å²) in [6, 6.07) is 1.78. The van der Waals surface area contributed by atoms with Gasteiger partial charge in [-0.2, -0.15) is 0 Å². The Bertz CT molecular complexity index is 645. The smallest absolute Gasteiger partial charge is 0.273 e. The van der Waals surface area contributed by atoms with Crippen LogP contribution in [-0.4, -0.2) is 63.7 Å². The average molecular weight is 319 g/mol. The molecule has 1 amide bonds. The van der Waals surface area contributed by atoms with Crippen molar-refractivity contribution in [1.29, 1.82) is 0 Å². The summed E-state index contributed by atoms with van der Waals surface area (Å²) in [5.41, 5.74) is 0.993. The largest absolute Gasteiger partial charge is 0.361 e. The third kappa shape index (κ3) is 4.36. The number of nitrogens with one attached hydrogen (secondary N) is 2. The van der Waals surface area contributed by atoms with Crippen molar-refractivity contribution in [3.8, 4) is 0 Å². The Kier molecular flexibility index (Phi) is 4.99. The van der Waals surface area contributed by atoms with Gasteiger partial charge < -0.3 is 15.2 Å². The SMILES string of the molecule is Cc1cc(CNC(=O)c2cn(CCN3CCNCC3)nn2)no1. The molecule has 0 aromatic carbocycles. The molecule has 0 saturated carbocycles. The van der Waals surface area contributed by atoms with Gasteiger partial charge in [0.1, 0.15) is 11.5 Å². The molecule has 9 heteroatoms. The Hall–Kier alpha value is -2.26. The maximum Gasteiger partial charge on any atom is 0.273 e. The van der Waals surface area contributed by atoms with Crippen LogP contribution in [-0.2, 0) is 13.1 Å². The van der Waals surface area contributed by atoms with Crippen molar-refractivity contribution in [2.75, 3.05) is 32.7 Å². The summed E-state index contributed by atoms with van der Waals surface area (Å²) in [5, 5.41) is 17.8. The highest BCUT2D eigenvalue weighted by molar-refractivity contribution is 5.91. The molecule has 0 atom stereocenters. The maximum absolute atomic E-state index is 12.0. The topological polar surface area (TPSA) is 101 Å². The molecule has 0 unspecified atom stereocenters. The van der Waals surface area contributed by atoms with Crippen molar-refractivity contribution < 1.29 is 9.32 Å². The zero-order valence-corrected chi connectivity index (χ0v) is 13.2. The highest BCUT2D eigenvalue weighted by atomic mass is 16.5. The zero-order valence-electron chi connectivity index (χ0n) is 13.2. The first-order chi connectivity index (χ1) is 11.2. The number of carbonyl (C=O) groups excluding carboxylic acids is 1. The summed E-state index contributed by atoms with van der Waals surface area (Å²) in [6.07, 6.45) is 1.67. The fourth-order valence-corrected chi connectivity index (χ4v) is 2.45. The molecule has 1 aliphatic rings. The second-order valence-electron chi connectivity index (χ2n) is 5.57. The molecule has 1 saturated heterocycles. The normalized spacial score (nSPS) is 15.7. The first kappa shape index (κ1) is 15.6. The average Bonchev–Trinajstić information content (AvgIpc) is 3.21. The fourth-order valence-electron chi connectivity index (χ4n) is 2.45. The van der Waals surface area contributed by atoms with Gasteiger partial charge in [0.2, 0.25) is 0 Å². The molecule has 9 nitrogen and oxygen atoms in total. The van der Waals surface area contributed by atoms with E-state index in [-0.39, 0.29) is 5.91 Å². The number of hydrogen-bond acceptors (Lipinski definition) is 7. The van der Waals surface area contributed by atoms with Gasteiger partial charge in [-0.25, -0.2) is 0 Å². The van der Waals surface area contributed by atoms with Crippen LogP contribution in [0.1, 0.15) is 21.9 Å². The minimum Gasteiger partial charge on any atom is -0.361 e. The molecular formula is C14H21N7O2. The van der Waals surface area contributed by atoms with E-state index in [0.29, 0.717) is 23.7 Å². The van der Waals surface area contributed by atoms with E-state index < -0.39 is 0 Å². The van der Waals surface area contributed by atoms with Gasteiger partial charge >= 0.3 is 0 Å². The van der Waals surface area contributed by atoms with Gasteiger partial charge in [0.15, 0.2) is 5.69 Å². The second-order valence-corrected chi connectivity index (χ2v) is 5.57. The van der Waals surface area contributed by atoms with Crippen molar-refractivity contribution in [2.24, 2.45) is 0 Å². The van der Waals surface area contributed by atoms with Crippen molar-refractivity contribution >= 4 is 5.91 Å². The highest BCUT2D eigenvalue weighted by Gasteiger charge is 2.13. The van der Waals surface area contributed by atoms with E-state index in [2.05, 4.69) is 31.0 Å². The zero-order chi connectivity index (χ0) is 16.1. The lowest BCUT2D eigenvalue weighted by Gasteiger charge is -2.26. The molecule has 0 radical (unpaired) electrons. The summed E-state index contributed by atoms with van der Waals surface area (Å²) >= 11 is 0. The van der Waals surface area contributed by atoms with E-state index in [1.54, 1.807) is 16.9 Å². The first-order valence-corrected chi connectivity index (χ1v) is 7.74. The summed E-state index contributed by atoms with van der Waals surface area (Å²) in [5.74, 6) is 0.451. The number of amides is 1. The highest BCUT2D eigenvalue weighted by Crippen LogP contribution is 2.02. The Labute approximate surface area is 134 Å². The van der Waals surface area contributed by atoms with Crippen molar-refractivity contribution in [1.82, 2.24) is 35.7 Å². The first-order valence-electron chi connectivity index (χ1n) is 7.74. The van der Waals surface area contributed by atoms with E-state index in [1.807, 2.05) is 6.92 Å². The Morgan fingerprint density at radius 1 is 1.39 bits per heavy atom. The van der Waals surface area contributed by atoms with Crippen LogP contribution in [0, 0.1) is 6.92 Å². The van der Waals surface area contributed by atoms with Crippen molar-refractivity contribution in [3.63, 3.8) is 0 Å². The van der Waals surface area contributed by atoms with Crippen LogP contribution < -0.4 is 10.6 Å². The Morgan fingerprint density at radius 3 is 2.96 bits per heavy atom. The molecule has 2 N–H and O–H groups in total. The predicted molar refractivity (Wildman–Crippen MR) is 81.7 cm³/mol. The molecular weight excluding hydrogens is 298 g/mol. The minimum atomic E-state index is -0.265. The van der Waals surface area contributed by atoms with Gasteiger partial charge in [-0.15, -0.1) is 5.10 Å². The monoisotopic (exact) mass is 319 g/mol. The molecule has 1 aliphatic heterocycles. The number of carbonyl (C=O) groups is 1. The molecule has 0 bridgehead atoms. The standard InChI is InChI=1S/C14H21N7O2/c1-11-8-12(18-23-11)9-16-14(22)13-10-21(19-17-13)7-6-20-4-2-15-3-5-20/h8,10,15H,2-7,9H2,1H3,(H,16,22). The third-order valence-corrected chi connectivity index (χ3v) is 3.73. The van der Waals surface area contributed by atoms with Crippen LogP contribution in [0.5, 0.6) is 0 Å². The number of aromatic nitrogens is 4. The number of rotatable bonds is 6. The van der Waals surface area contributed by atoms with E-state index in [4.69, 9.17) is 4.52 Å². The molecule has 3 heterocycles. The van der Waals surface area contributed by atoms with Crippen LogP contribution in [0.4, 0.5) is 0 Å². The summed E-state index contributed by atoms with van der Waals surface area (Å²) in [7, 11) is 0.